The average molecular weight is 304 g/mol. The topological polar surface area (TPSA) is 52.6 Å². The summed E-state index contributed by atoms with van der Waals surface area (Å²) in [5.41, 5.74) is 2.56. The standard InChI is InChI=1S/C18H24O4/c1-5-6-7-11-15(14-10-8-9-13(2)12-14)16(17(19)21-3)18(20)22-4/h8-12,16H,5-7H2,1-4H3/b15-11+. The summed E-state index contributed by atoms with van der Waals surface area (Å²) in [5, 5.41) is 0. The van der Waals surface area contributed by atoms with Gasteiger partial charge >= 0.3 is 11.9 Å². The lowest BCUT2D eigenvalue weighted by Gasteiger charge is -2.17. The van der Waals surface area contributed by atoms with E-state index >= 15 is 0 Å². The van der Waals surface area contributed by atoms with Crippen LogP contribution in [0.1, 0.15) is 37.3 Å². The molecule has 0 aliphatic heterocycles. The number of unbranched alkanes of at least 4 members (excludes halogenated alkanes) is 2. The minimum absolute atomic E-state index is 0.601. The first-order valence-corrected chi connectivity index (χ1v) is 7.47. The Hall–Kier alpha value is -2.10. The van der Waals surface area contributed by atoms with Crippen LogP contribution in [0.3, 0.4) is 0 Å². The van der Waals surface area contributed by atoms with Crippen molar-refractivity contribution in [3.8, 4) is 0 Å². The highest BCUT2D eigenvalue weighted by Crippen LogP contribution is 2.27. The van der Waals surface area contributed by atoms with Crippen molar-refractivity contribution in [3.63, 3.8) is 0 Å². The number of hydrogen-bond donors (Lipinski definition) is 0. The Morgan fingerprint density at radius 1 is 1.18 bits per heavy atom. The highest BCUT2D eigenvalue weighted by atomic mass is 16.5. The number of benzene rings is 1. The molecule has 0 saturated heterocycles. The van der Waals surface area contributed by atoms with E-state index in [2.05, 4.69) is 6.92 Å². The number of esters is 2. The van der Waals surface area contributed by atoms with Gasteiger partial charge in [0, 0.05) is 0 Å². The molecule has 1 aromatic carbocycles. The molecule has 22 heavy (non-hydrogen) atoms. The van der Waals surface area contributed by atoms with Crippen LogP contribution in [0.15, 0.2) is 30.3 Å². The highest BCUT2D eigenvalue weighted by molar-refractivity contribution is 6.06. The molecule has 4 nitrogen and oxygen atoms in total. The number of allylic oxidation sites excluding steroid dienone is 1. The van der Waals surface area contributed by atoms with E-state index in [-0.39, 0.29) is 0 Å². The van der Waals surface area contributed by atoms with E-state index in [0.29, 0.717) is 5.57 Å². The first kappa shape index (κ1) is 18.0. The summed E-state index contributed by atoms with van der Waals surface area (Å²) in [6, 6.07) is 7.72. The third-order valence-corrected chi connectivity index (χ3v) is 3.46. The van der Waals surface area contributed by atoms with Gasteiger partial charge in [0.05, 0.1) is 14.2 Å². The number of ether oxygens (including phenoxy) is 2. The van der Waals surface area contributed by atoms with Crippen molar-refractivity contribution < 1.29 is 19.1 Å². The smallest absolute Gasteiger partial charge is 0.324 e. The van der Waals surface area contributed by atoms with Crippen LogP contribution in [0.2, 0.25) is 0 Å². The summed E-state index contributed by atoms with van der Waals surface area (Å²) in [5.74, 6) is -2.25. The van der Waals surface area contributed by atoms with Crippen LogP contribution in [0.5, 0.6) is 0 Å². The normalized spacial score (nSPS) is 11.4. The largest absolute Gasteiger partial charge is 0.468 e. The Labute approximate surface area is 132 Å². The molecule has 0 radical (unpaired) electrons. The lowest BCUT2D eigenvalue weighted by Crippen LogP contribution is -2.27. The molecule has 0 unspecified atom stereocenters. The van der Waals surface area contributed by atoms with Crippen molar-refractivity contribution >= 4 is 17.5 Å². The lowest BCUT2D eigenvalue weighted by molar-refractivity contribution is -0.155. The monoisotopic (exact) mass is 304 g/mol. The fourth-order valence-corrected chi connectivity index (χ4v) is 2.27. The summed E-state index contributed by atoms with van der Waals surface area (Å²) in [6.45, 7) is 4.07. The Morgan fingerprint density at radius 2 is 1.82 bits per heavy atom. The molecule has 0 atom stereocenters. The second-order valence-electron chi connectivity index (χ2n) is 5.15. The second kappa shape index (κ2) is 9.03. The van der Waals surface area contributed by atoms with Crippen LogP contribution in [0, 0.1) is 12.8 Å². The minimum Gasteiger partial charge on any atom is -0.468 e. The SMILES string of the molecule is CCCC/C=C(\c1cccc(C)c1)C(C(=O)OC)C(=O)OC. The maximum Gasteiger partial charge on any atom is 0.324 e. The average Bonchev–Trinajstić information content (AvgIpc) is 2.53. The van der Waals surface area contributed by atoms with Gasteiger partial charge in [0.25, 0.3) is 0 Å². The van der Waals surface area contributed by atoms with E-state index in [1.54, 1.807) is 0 Å². The van der Waals surface area contributed by atoms with Crippen LogP contribution < -0.4 is 0 Å². The molecule has 0 saturated carbocycles. The Bertz CT molecular complexity index is 530. The Balaban J connectivity index is 3.30. The van der Waals surface area contributed by atoms with E-state index in [4.69, 9.17) is 9.47 Å². The number of rotatable bonds is 7. The zero-order valence-electron chi connectivity index (χ0n) is 13.7. The molecular weight excluding hydrogens is 280 g/mol. The van der Waals surface area contributed by atoms with Gasteiger partial charge < -0.3 is 9.47 Å². The van der Waals surface area contributed by atoms with Crippen LogP contribution in [-0.4, -0.2) is 26.2 Å². The number of carbonyl (C=O) groups excluding carboxylic acids is 2. The predicted molar refractivity (Wildman–Crippen MR) is 86.2 cm³/mol. The van der Waals surface area contributed by atoms with Gasteiger partial charge in [-0.3, -0.25) is 9.59 Å². The van der Waals surface area contributed by atoms with E-state index in [1.807, 2.05) is 37.3 Å². The quantitative estimate of drug-likeness (QED) is 0.439. The zero-order chi connectivity index (χ0) is 16.5. The van der Waals surface area contributed by atoms with E-state index < -0.39 is 17.9 Å². The molecule has 0 N–H and O–H groups in total. The van der Waals surface area contributed by atoms with Crippen molar-refractivity contribution in [1.82, 2.24) is 0 Å². The van der Waals surface area contributed by atoms with Crippen LogP contribution in [-0.2, 0) is 19.1 Å². The molecule has 0 bridgehead atoms. The van der Waals surface area contributed by atoms with Gasteiger partial charge in [0.15, 0.2) is 5.92 Å². The maximum absolute atomic E-state index is 12.1. The molecule has 0 aromatic heterocycles. The van der Waals surface area contributed by atoms with Crippen molar-refractivity contribution in [1.29, 1.82) is 0 Å². The van der Waals surface area contributed by atoms with E-state index in [9.17, 15) is 9.59 Å². The summed E-state index contributed by atoms with van der Waals surface area (Å²) < 4.78 is 9.59. The van der Waals surface area contributed by atoms with Crippen molar-refractivity contribution in [3.05, 3.63) is 41.5 Å². The Morgan fingerprint density at radius 3 is 2.32 bits per heavy atom. The van der Waals surface area contributed by atoms with Gasteiger partial charge in [-0.1, -0.05) is 55.7 Å². The fraction of sp³-hybridized carbons (Fsp3) is 0.444. The lowest BCUT2D eigenvalue weighted by atomic mass is 9.90. The van der Waals surface area contributed by atoms with Gasteiger partial charge in [0.2, 0.25) is 0 Å². The van der Waals surface area contributed by atoms with Gasteiger partial charge in [-0.25, -0.2) is 0 Å². The van der Waals surface area contributed by atoms with Gasteiger partial charge in [-0.05, 0) is 24.5 Å². The summed E-state index contributed by atoms with van der Waals surface area (Å²) in [6.07, 6.45) is 4.77. The van der Waals surface area contributed by atoms with Gasteiger partial charge in [-0.2, -0.15) is 0 Å². The number of carbonyl (C=O) groups is 2. The summed E-state index contributed by atoms with van der Waals surface area (Å²) in [7, 11) is 2.55. The second-order valence-corrected chi connectivity index (χ2v) is 5.15. The minimum atomic E-state index is -1.05. The first-order chi connectivity index (χ1) is 10.5. The molecule has 1 rings (SSSR count). The Kier molecular flexibility index (Phi) is 7.37. The molecule has 0 spiro atoms. The van der Waals surface area contributed by atoms with E-state index in [1.165, 1.54) is 14.2 Å². The van der Waals surface area contributed by atoms with Crippen LogP contribution >= 0.6 is 0 Å². The van der Waals surface area contributed by atoms with E-state index in [0.717, 1.165) is 30.4 Å². The van der Waals surface area contributed by atoms with Gasteiger partial charge in [0.1, 0.15) is 0 Å². The number of methoxy groups -OCH3 is 2. The third-order valence-electron chi connectivity index (χ3n) is 3.46. The molecule has 0 aliphatic carbocycles. The number of hydrogen-bond acceptors (Lipinski definition) is 4. The van der Waals surface area contributed by atoms with Crippen LogP contribution in [0.4, 0.5) is 0 Å². The molecule has 0 fully saturated rings. The molecular formula is C18H24O4. The third kappa shape index (κ3) is 4.72. The molecule has 0 aliphatic rings. The zero-order valence-corrected chi connectivity index (χ0v) is 13.7. The summed E-state index contributed by atoms with van der Waals surface area (Å²) in [4.78, 5) is 24.2. The molecule has 120 valence electrons. The first-order valence-electron chi connectivity index (χ1n) is 7.47. The molecule has 0 heterocycles. The molecule has 1 aromatic rings. The summed E-state index contributed by atoms with van der Waals surface area (Å²) >= 11 is 0. The molecule has 0 amide bonds. The maximum atomic E-state index is 12.1. The van der Waals surface area contributed by atoms with Gasteiger partial charge in [-0.15, -0.1) is 0 Å². The van der Waals surface area contributed by atoms with Crippen molar-refractivity contribution in [2.75, 3.05) is 14.2 Å². The van der Waals surface area contributed by atoms with Crippen LogP contribution in [0.25, 0.3) is 5.57 Å². The van der Waals surface area contributed by atoms with Crippen molar-refractivity contribution in [2.45, 2.75) is 33.1 Å². The number of aryl methyl sites for hydroxylation is 1. The van der Waals surface area contributed by atoms with Crippen molar-refractivity contribution in [2.24, 2.45) is 5.92 Å². The highest BCUT2D eigenvalue weighted by Gasteiger charge is 2.33. The predicted octanol–water partition coefficient (Wildman–Crippen LogP) is 3.53. The molecule has 4 heteroatoms. The fourth-order valence-electron chi connectivity index (χ4n) is 2.27.